The Bertz CT molecular complexity index is 1290. The first-order valence-electron chi connectivity index (χ1n) is 13.4. The van der Waals surface area contributed by atoms with E-state index in [1.807, 2.05) is 85.4 Å². The van der Waals surface area contributed by atoms with E-state index in [1.165, 1.54) is 0 Å². The standard InChI is InChI=1S/C30H38N6O4/c1-22-6-8-23(9-7-22)30(38)36(15-14-33(2)3)21-29(37)35-18-16-34(17-19-35)28-13-12-26(31-32-28)25-11-10-24(39-4)20-27(25)40-5/h6-13,20H,14-19,21H2,1-5H3. The summed E-state index contributed by atoms with van der Waals surface area (Å²) in [5.74, 6) is 1.95. The van der Waals surface area contributed by atoms with Crippen LogP contribution in [0.2, 0.25) is 0 Å². The van der Waals surface area contributed by atoms with E-state index < -0.39 is 0 Å². The van der Waals surface area contributed by atoms with Crippen LogP contribution in [0.15, 0.2) is 54.6 Å². The summed E-state index contributed by atoms with van der Waals surface area (Å²) in [4.78, 5) is 34.1. The summed E-state index contributed by atoms with van der Waals surface area (Å²) in [7, 11) is 7.14. The minimum absolute atomic E-state index is 0.0492. The first-order valence-corrected chi connectivity index (χ1v) is 13.4. The molecule has 1 aromatic heterocycles. The zero-order valence-corrected chi connectivity index (χ0v) is 24.0. The van der Waals surface area contributed by atoms with Crippen molar-refractivity contribution in [1.29, 1.82) is 0 Å². The zero-order chi connectivity index (χ0) is 28.6. The van der Waals surface area contributed by atoms with E-state index in [2.05, 4.69) is 15.1 Å². The number of rotatable bonds is 10. The third-order valence-electron chi connectivity index (χ3n) is 7.02. The van der Waals surface area contributed by atoms with Gasteiger partial charge in [0.25, 0.3) is 5.91 Å². The SMILES string of the molecule is COc1ccc(-c2ccc(N3CCN(C(=O)CN(CCN(C)C)C(=O)c4ccc(C)cc4)CC3)nn2)c(OC)c1. The number of piperazine rings is 1. The lowest BCUT2D eigenvalue weighted by Crippen LogP contribution is -2.52. The van der Waals surface area contributed by atoms with Crippen molar-refractivity contribution >= 4 is 17.6 Å². The number of aryl methyl sites for hydroxylation is 1. The maximum Gasteiger partial charge on any atom is 0.254 e. The van der Waals surface area contributed by atoms with Crippen molar-refractivity contribution in [2.45, 2.75) is 6.92 Å². The van der Waals surface area contributed by atoms with E-state index in [4.69, 9.17) is 9.47 Å². The smallest absolute Gasteiger partial charge is 0.254 e. The zero-order valence-electron chi connectivity index (χ0n) is 24.0. The number of benzene rings is 2. The van der Waals surface area contributed by atoms with Gasteiger partial charge in [-0.1, -0.05) is 17.7 Å². The molecule has 2 aromatic carbocycles. The lowest BCUT2D eigenvalue weighted by atomic mass is 10.1. The minimum Gasteiger partial charge on any atom is -0.497 e. The number of aromatic nitrogens is 2. The Labute approximate surface area is 236 Å². The van der Waals surface area contributed by atoms with Crippen molar-refractivity contribution in [3.8, 4) is 22.8 Å². The van der Waals surface area contributed by atoms with Crippen LogP contribution in [0.3, 0.4) is 0 Å². The predicted molar refractivity (Wildman–Crippen MR) is 155 cm³/mol. The van der Waals surface area contributed by atoms with Crippen LogP contribution >= 0.6 is 0 Å². The lowest BCUT2D eigenvalue weighted by molar-refractivity contribution is -0.132. The van der Waals surface area contributed by atoms with E-state index in [0.29, 0.717) is 62.0 Å². The van der Waals surface area contributed by atoms with Crippen molar-refractivity contribution < 1.29 is 19.1 Å². The molecule has 0 bridgehead atoms. The molecule has 1 aliphatic rings. The van der Waals surface area contributed by atoms with Crippen molar-refractivity contribution in [2.75, 3.05) is 79.0 Å². The summed E-state index contributed by atoms with van der Waals surface area (Å²) in [6.45, 7) is 5.56. The summed E-state index contributed by atoms with van der Waals surface area (Å²) in [5.41, 5.74) is 3.21. The molecule has 1 saturated heterocycles. The molecule has 0 saturated carbocycles. The molecule has 1 fully saturated rings. The van der Waals surface area contributed by atoms with Gasteiger partial charge in [-0.25, -0.2) is 0 Å². The summed E-state index contributed by atoms with van der Waals surface area (Å²) >= 11 is 0. The normalized spacial score (nSPS) is 13.3. The second-order valence-electron chi connectivity index (χ2n) is 10.1. The molecule has 212 valence electrons. The summed E-state index contributed by atoms with van der Waals surface area (Å²) in [5, 5.41) is 8.88. The van der Waals surface area contributed by atoms with Gasteiger partial charge in [0.2, 0.25) is 5.91 Å². The summed E-state index contributed by atoms with van der Waals surface area (Å²) in [6.07, 6.45) is 0. The third-order valence-corrected chi connectivity index (χ3v) is 7.02. The average molecular weight is 547 g/mol. The Balaban J connectivity index is 1.37. The van der Waals surface area contributed by atoms with Crippen molar-refractivity contribution in [3.05, 3.63) is 65.7 Å². The maximum atomic E-state index is 13.2. The molecule has 0 N–H and O–H groups in total. The molecule has 4 rings (SSSR count). The molecule has 2 amide bonds. The fraction of sp³-hybridized carbons (Fsp3) is 0.400. The van der Waals surface area contributed by atoms with E-state index in [0.717, 1.165) is 16.9 Å². The number of hydrogen-bond acceptors (Lipinski definition) is 8. The molecule has 10 nitrogen and oxygen atoms in total. The highest BCUT2D eigenvalue weighted by Crippen LogP contribution is 2.32. The first-order chi connectivity index (χ1) is 19.3. The average Bonchev–Trinajstić information content (AvgIpc) is 2.99. The van der Waals surface area contributed by atoms with Gasteiger partial charge >= 0.3 is 0 Å². The number of methoxy groups -OCH3 is 2. The predicted octanol–water partition coefficient (Wildman–Crippen LogP) is 2.82. The van der Waals surface area contributed by atoms with Gasteiger partial charge in [0, 0.05) is 56.5 Å². The first kappa shape index (κ1) is 28.8. The minimum atomic E-state index is -0.127. The fourth-order valence-corrected chi connectivity index (χ4v) is 4.55. The van der Waals surface area contributed by atoms with E-state index >= 15 is 0 Å². The van der Waals surface area contributed by atoms with Gasteiger partial charge in [0.15, 0.2) is 5.82 Å². The molecule has 0 radical (unpaired) electrons. The number of likely N-dealkylation sites (N-methyl/N-ethyl adjacent to an activating group) is 1. The second-order valence-corrected chi connectivity index (χ2v) is 10.1. The van der Waals surface area contributed by atoms with Gasteiger partial charge in [0.1, 0.15) is 18.0 Å². The molecule has 1 aliphatic heterocycles. The Morgan fingerprint density at radius 3 is 2.20 bits per heavy atom. The van der Waals surface area contributed by atoms with Gasteiger partial charge in [-0.3, -0.25) is 9.59 Å². The van der Waals surface area contributed by atoms with Crippen LogP contribution in [0.1, 0.15) is 15.9 Å². The number of amides is 2. The van der Waals surface area contributed by atoms with Crippen molar-refractivity contribution in [3.63, 3.8) is 0 Å². The van der Waals surface area contributed by atoms with Crippen molar-refractivity contribution in [2.24, 2.45) is 0 Å². The number of ether oxygens (including phenoxy) is 2. The Morgan fingerprint density at radius 1 is 0.875 bits per heavy atom. The van der Waals surface area contributed by atoms with Gasteiger partial charge < -0.3 is 29.1 Å². The molecule has 0 atom stereocenters. The Morgan fingerprint density at radius 2 is 1.60 bits per heavy atom. The Hall–Kier alpha value is -4.18. The molecule has 0 spiro atoms. The lowest BCUT2D eigenvalue weighted by Gasteiger charge is -2.36. The number of nitrogens with zero attached hydrogens (tertiary/aromatic N) is 6. The molecule has 40 heavy (non-hydrogen) atoms. The fourth-order valence-electron chi connectivity index (χ4n) is 4.55. The number of anilines is 1. The van der Waals surface area contributed by atoms with Gasteiger partial charge in [-0.2, -0.15) is 0 Å². The highest BCUT2D eigenvalue weighted by atomic mass is 16.5. The molecule has 0 aliphatic carbocycles. The summed E-state index contributed by atoms with van der Waals surface area (Å²) in [6, 6.07) is 16.9. The topological polar surface area (TPSA) is 91.3 Å². The second kappa shape index (κ2) is 13.3. The van der Waals surface area contributed by atoms with Crippen LogP contribution in [-0.2, 0) is 4.79 Å². The van der Waals surface area contributed by atoms with Crippen LogP contribution in [0.4, 0.5) is 5.82 Å². The molecule has 0 unspecified atom stereocenters. The third kappa shape index (κ3) is 7.06. The van der Waals surface area contributed by atoms with Crippen LogP contribution in [-0.4, -0.2) is 111 Å². The van der Waals surface area contributed by atoms with Gasteiger partial charge in [-0.15, -0.1) is 10.2 Å². The maximum absolute atomic E-state index is 13.2. The Kier molecular flexibility index (Phi) is 9.55. The van der Waals surface area contributed by atoms with Crippen LogP contribution < -0.4 is 14.4 Å². The molecular formula is C30H38N6O4. The monoisotopic (exact) mass is 546 g/mol. The van der Waals surface area contributed by atoms with Crippen LogP contribution in [0.5, 0.6) is 11.5 Å². The quantitative estimate of drug-likeness (QED) is 0.384. The van der Waals surface area contributed by atoms with Crippen LogP contribution in [0.25, 0.3) is 11.3 Å². The van der Waals surface area contributed by atoms with E-state index in [9.17, 15) is 9.59 Å². The summed E-state index contributed by atoms with van der Waals surface area (Å²) < 4.78 is 10.8. The molecular weight excluding hydrogens is 508 g/mol. The molecule has 10 heteroatoms. The van der Waals surface area contributed by atoms with Crippen molar-refractivity contribution in [1.82, 2.24) is 24.9 Å². The van der Waals surface area contributed by atoms with Gasteiger partial charge in [-0.05, 0) is 57.4 Å². The van der Waals surface area contributed by atoms with E-state index in [-0.39, 0.29) is 18.4 Å². The highest BCUT2D eigenvalue weighted by molar-refractivity contribution is 5.96. The molecule has 2 heterocycles. The van der Waals surface area contributed by atoms with E-state index in [1.54, 1.807) is 19.1 Å². The number of hydrogen-bond donors (Lipinski definition) is 0. The highest BCUT2D eigenvalue weighted by Gasteiger charge is 2.26. The molecule has 3 aromatic rings. The number of carbonyl (C=O) groups excluding carboxylic acids is 2. The van der Waals surface area contributed by atoms with Crippen LogP contribution in [0, 0.1) is 6.92 Å². The van der Waals surface area contributed by atoms with Gasteiger partial charge in [0.05, 0.1) is 19.9 Å². The largest absolute Gasteiger partial charge is 0.497 e. The number of carbonyl (C=O) groups is 2.